The van der Waals surface area contributed by atoms with Gasteiger partial charge >= 0.3 is 12.3 Å². The number of hydrogen-bond donors (Lipinski definition) is 0. The zero-order valence-electron chi connectivity index (χ0n) is 22.0. The number of benzene rings is 4. The van der Waals surface area contributed by atoms with Crippen LogP contribution in [0.25, 0.3) is 28.1 Å². The predicted molar refractivity (Wildman–Crippen MR) is 139 cm³/mol. The standard InChI is InChI=1S/C31H19F9O3/c1-2-3-22(32)28(37)18-8-4-16(5-9-18)17-6-10-19(11-7-17)30(41)42-21-14-23(33)27(24(34)15-21)20-12-25(35)29(26(36)13-20)43-31(38,39)40/h4-15H,2-3H2,1H3/b28-22+. The fourth-order valence-corrected chi connectivity index (χ4v) is 4.06. The molecule has 0 spiro atoms. The van der Waals surface area contributed by atoms with E-state index in [1.165, 1.54) is 36.4 Å². The number of carbonyl (C=O) groups is 1. The van der Waals surface area contributed by atoms with Crippen LogP contribution in [0.5, 0.6) is 11.5 Å². The Morgan fingerprint density at radius 1 is 0.698 bits per heavy atom. The van der Waals surface area contributed by atoms with E-state index < -0.39 is 69.9 Å². The van der Waals surface area contributed by atoms with E-state index in [1.807, 2.05) is 0 Å². The molecular formula is C31H19F9O3. The Morgan fingerprint density at radius 2 is 1.19 bits per heavy atom. The van der Waals surface area contributed by atoms with Crippen LogP contribution in [0, 0.1) is 23.3 Å². The van der Waals surface area contributed by atoms with Gasteiger partial charge in [0.1, 0.15) is 23.2 Å². The number of esters is 1. The molecule has 4 aromatic carbocycles. The maximum absolute atomic E-state index is 14.8. The van der Waals surface area contributed by atoms with Gasteiger partial charge in [-0.05, 0) is 47.4 Å². The normalized spacial score (nSPS) is 12.1. The summed E-state index contributed by atoms with van der Waals surface area (Å²) in [4.78, 5) is 12.6. The molecule has 3 nitrogen and oxygen atoms in total. The number of ether oxygens (including phenoxy) is 2. The van der Waals surface area contributed by atoms with Crippen LogP contribution in [0.4, 0.5) is 39.5 Å². The van der Waals surface area contributed by atoms with Crippen LogP contribution >= 0.6 is 0 Å². The van der Waals surface area contributed by atoms with Crippen molar-refractivity contribution >= 4 is 11.8 Å². The highest BCUT2D eigenvalue weighted by Gasteiger charge is 2.34. The quantitative estimate of drug-likeness (QED) is 0.113. The van der Waals surface area contributed by atoms with Crippen LogP contribution in [0.15, 0.2) is 78.6 Å². The SMILES string of the molecule is CCC/C(F)=C(\F)c1ccc(-c2ccc(C(=O)Oc3cc(F)c(-c4cc(F)c(OC(F)(F)F)c(F)c4)c(F)c3)cc2)cc1. The summed E-state index contributed by atoms with van der Waals surface area (Å²) in [5.74, 6) is -11.8. The molecule has 0 aliphatic carbocycles. The second-order valence-electron chi connectivity index (χ2n) is 9.09. The number of carbonyl (C=O) groups excluding carboxylic acids is 1. The van der Waals surface area contributed by atoms with Crippen molar-refractivity contribution in [3.05, 3.63) is 113 Å². The summed E-state index contributed by atoms with van der Waals surface area (Å²) < 4.78 is 131. The van der Waals surface area contributed by atoms with E-state index >= 15 is 0 Å². The van der Waals surface area contributed by atoms with Gasteiger partial charge in [0, 0.05) is 24.1 Å². The molecule has 0 saturated heterocycles. The van der Waals surface area contributed by atoms with E-state index in [2.05, 4.69) is 4.74 Å². The summed E-state index contributed by atoms with van der Waals surface area (Å²) in [7, 11) is 0. The van der Waals surface area contributed by atoms with Crippen LogP contribution in [0.2, 0.25) is 0 Å². The Balaban J connectivity index is 1.50. The van der Waals surface area contributed by atoms with E-state index in [0.717, 1.165) is 0 Å². The molecule has 0 fully saturated rings. The van der Waals surface area contributed by atoms with Crippen molar-refractivity contribution in [2.45, 2.75) is 26.1 Å². The molecule has 0 heterocycles. The van der Waals surface area contributed by atoms with Gasteiger partial charge < -0.3 is 9.47 Å². The van der Waals surface area contributed by atoms with Gasteiger partial charge in [-0.2, -0.15) is 0 Å². The molecule has 0 unspecified atom stereocenters. The van der Waals surface area contributed by atoms with Crippen molar-refractivity contribution in [2.75, 3.05) is 0 Å². The first kappa shape index (κ1) is 31.2. The first-order valence-corrected chi connectivity index (χ1v) is 12.5. The van der Waals surface area contributed by atoms with E-state index in [0.29, 0.717) is 29.7 Å². The molecule has 0 bridgehead atoms. The first-order valence-electron chi connectivity index (χ1n) is 12.5. The van der Waals surface area contributed by atoms with Gasteiger partial charge in [-0.3, -0.25) is 0 Å². The largest absolute Gasteiger partial charge is 0.573 e. The number of alkyl halides is 3. The van der Waals surface area contributed by atoms with Crippen LogP contribution in [0.3, 0.4) is 0 Å². The second-order valence-corrected chi connectivity index (χ2v) is 9.09. The van der Waals surface area contributed by atoms with Crippen molar-refractivity contribution < 1.29 is 53.8 Å². The van der Waals surface area contributed by atoms with Crippen molar-refractivity contribution in [3.63, 3.8) is 0 Å². The Kier molecular flexibility index (Phi) is 9.17. The lowest BCUT2D eigenvalue weighted by molar-refractivity contribution is -0.276. The zero-order chi connectivity index (χ0) is 31.5. The maximum Gasteiger partial charge on any atom is 0.573 e. The summed E-state index contributed by atoms with van der Waals surface area (Å²) in [5.41, 5.74) is -0.485. The minimum atomic E-state index is -5.41. The second kappa shape index (κ2) is 12.6. The van der Waals surface area contributed by atoms with Crippen LogP contribution in [-0.4, -0.2) is 12.3 Å². The molecule has 0 aliphatic heterocycles. The summed E-state index contributed by atoms with van der Waals surface area (Å²) in [6.07, 6.45) is -4.98. The molecule has 4 rings (SSSR count). The van der Waals surface area contributed by atoms with E-state index in [1.54, 1.807) is 19.1 Å². The Morgan fingerprint density at radius 3 is 1.65 bits per heavy atom. The van der Waals surface area contributed by atoms with Crippen LogP contribution < -0.4 is 9.47 Å². The minimum Gasteiger partial charge on any atom is -0.423 e. The molecule has 43 heavy (non-hydrogen) atoms. The third-order valence-electron chi connectivity index (χ3n) is 6.03. The molecule has 0 amide bonds. The topological polar surface area (TPSA) is 35.5 Å². The Hall–Kier alpha value is -4.74. The van der Waals surface area contributed by atoms with Gasteiger partial charge in [-0.1, -0.05) is 43.3 Å². The fraction of sp³-hybridized carbons (Fsp3) is 0.129. The maximum atomic E-state index is 14.8. The lowest BCUT2D eigenvalue weighted by atomic mass is 10.0. The molecule has 0 radical (unpaired) electrons. The average molecular weight is 610 g/mol. The minimum absolute atomic E-state index is 0.0213. The molecule has 224 valence electrons. The summed E-state index contributed by atoms with van der Waals surface area (Å²) in [6.45, 7) is 1.72. The number of allylic oxidation sites excluding steroid dienone is 1. The van der Waals surface area contributed by atoms with Gasteiger partial charge in [0.15, 0.2) is 17.5 Å². The summed E-state index contributed by atoms with van der Waals surface area (Å²) in [5, 5.41) is 0. The monoisotopic (exact) mass is 610 g/mol. The van der Waals surface area contributed by atoms with Gasteiger partial charge in [-0.15, -0.1) is 13.2 Å². The van der Waals surface area contributed by atoms with Crippen molar-refractivity contribution in [1.82, 2.24) is 0 Å². The first-order chi connectivity index (χ1) is 20.3. The highest BCUT2D eigenvalue weighted by Crippen LogP contribution is 2.36. The highest BCUT2D eigenvalue weighted by atomic mass is 19.4. The van der Waals surface area contributed by atoms with E-state index in [9.17, 15) is 44.3 Å². The van der Waals surface area contributed by atoms with Crippen molar-refractivity contribution in [2.24, 2.45) is 0 Å². The number of halogens is 9. The van der Waals surface area contributed by atoms with Gasteiger partial charge in [-0.25, -0.2) is 31.1 Å². The molecule has 4 aromatic rings. The van der Waals surface area contributed by atoms with Gasteiger partial charge in [0.05, 0.1) is 11.1 Å². The molecule has 0 N–H and O–H groups in total. The zero-order valence-corrected chi connectivity index (χ0v) is 22.0. The Bertz CT molecular complexity index is 1630. The number of hydrogen-bond acceptors (Lipinski definition) is 3. The smallest absolute Gasteiger partial charge is 0.423 e. The third-order valence-corrected chi connectivity index (χ3v) is 6.03. The van der Waals surface area contributed by atoms with E-state index in [4.69, 9.17) is 4.74 Å². The fourth-order valence-electron chi connectivity index (χ4n) is 4.06. The summed E-state index contributed by atoms with van der Waals surface area (Å²) >= 11 is 0. The molecule has 0 aliphatic rings. The average Bonchev–Trinajstić information content (AvgIpc) is 2.94. The lowest BCUT2D eigenvalue weighted by Gasteiger charge is -2.13. The van der Waals surface area contributed by atoms with Gasteiger partial charge in [0.2, 0.25) is 5.75 Å². The van der Waals surface area contributed by atoms with Crippen LogP contribution in [0.1, 0.15) is 35.7 Å². The molecule has 12 heteroatoms. The molecule has 0 aromatic heterocycles. The molecular weight excluding hydrogens is 591 g/mol. The molecule has 0 saturated carbocycles. The Labute approximate surface area is 238 Å². The van der Waals surface area contributed by atoms with Crippen LogP contribution in [-0.2, 0) is 0 Å². The van der Waals surface area contributed by atoms with Crippen molar-refractivity contribution in [1.29, 1.82) is 0 Å². The molecule has 0 atom stereocenters. The summed E-state index contributed by atoms with van der Waals surface area (Å²) in [6, 6.07) is 13.3. The highest BCUT2D eigenvalue weighted by molar-refractivity contribution is 5.91. The lowest BCUT2D eigenvalue weighted by Crippen LogP contribution is -2.19. The van der Waals surface area contributed by atoms with E-state index in [-0.39, 0.29) is 29.7 Å². The van der Waals surface area contributed by atoms with Gasteiger partial charge in [0.25, 0.3) is 0 Å². The van der Waals surface area contributed by atoms with Crippen molar-refractivity contribution in [3.8, 4) is 33.8 Å². The predicted octanol–water partition coefficient (Wildman–Crippen LogP) is 10.1. The number of rotatable bonds is 8. The third kappa shape index (κ3) is 7.37.